The first-order valence-corrected chi connectivity index (χ1v) is 2.74. The highest BCUT2D eigenvalue weighted by molar-refractivity contribution is 6.17. The minimum atomic E-state index is 0.560. The van der Waals surface area contributed by atoms with Gasteiger partial charge in [0.2, 0.25) is 0 Å². The van der Waals surface area contributed by atoms with E-state index in [1.165, 1.54) is 0 Å². The quantitative estimate of drug-likeness (QED) is 0.313. The van der Waals surface area contributed by atoms with E-state index < -0.39 is 0 Å². The molecule has 0 atom stereocenters. The molecule has 0 amide bonds. The van der Waals surface area contributed by atoms with Crippen LogP contribution in [0.15, 0.2) is 12.3 Å². The zero-order valence-corrected chi connectivity index (χ0v) is 5.11. The van der Waals surface area contributed by atoms with Gasteiger partial charge in [-0.3, -0.25) is 0 Å². The first-order valence-electron chi connectivity index (χ1n) is 2.20. The molecular weight excluding hydrogens is 112 g/mol. The molecule has 42 valence electrons. The Morgan fingerprint density at radius 1 is 1.71 bits per heavy atom. The Morgan fingerprint density at radius 2 is 2.43 bits per heavy atom. The molecule has 0 rings (SSSR count). The summed E-state index contributed by atoms with van der Waals surface area (Å²) in [7, 11) is 0. The predicted molar refractivity (Wildman–Crippen MR) is 31.5 cm³/mol. The van der Waals surface area contributed by atoms with Crippen LogP contribution in [0.3, 0.4) is 0 Å². The number of hydrogen-bond donors (Lipinski definition) is 0. The number of halogens is 1. The van der Waals surface area contributed by atoms with Gasteiger partial charge in [-0.2, -0.15) is 0 Å². The van der Waals surface area contributed by atoms with Crippen LogP contribution in [-0.4, -0.2) is 12.5 Å². The molecule has 0 aliphatic rings. The number of alkyl halides is 1. The van der Waals surface area contributed by atoms with E-state index in [1.54, 1.807) is 6.26 Å². The molecular formula is C5H9ClO. The van der Waals surface area contributed by atoms with Crippen molar-refractivity contribution in [2.75, 3.05) is 12.5 Å². The van der Waals surface area contributed by atoms with Crippen molar-refractivity contribution in [1.29, 1.82) is 0 Å². The summed E-state index contributed by atoms with van der Waals surface area (Å²) in [5, 5.41) is 0. The first kappa shape index (κ1) is 6.83. The second kappa shape index (κ2) is 5.83. The van der Waals surface area contributed by atoms with Crippen LogP contribution in [0.4, 0.5) is 0 Å². The molecule has 7 heavy (non-hydrogen) atoms. The zero-order chi connectivity index (χ0) is 5.54. The van der Waals surface area contributed by atoms with Gasteiger partial charge in [0.25, 0.3) is 0 Å². The summed E-state index contributed by atoms with van der Waals surface area (Å²) >= 11 is 5.28. The normalized spacial score (nSPS) is 10.0. The maximum atomic E-state index is 5.28. The van der Waals surface area contributed by atoms with Gasteiger partial charge in [-0.25, -0.2) is 0 Å². The highest BCUT2D eigenvalue weighted by atomic mass is 35.5. The van der Waals surface area contributed by atoms with Crippen molar-refractivity contribution in [3.8, 4) is 0 Å². The van der Waals surface area contributed by atoms with Gasteiger partial charge >= 0.3 is 0 Å². The number of hydrogen-bond acceptors (Lipinski definition) is 1. The molecule has 0 aromatic rings. The van der Waals surface area contributed by atoms with Crippen LogP contribution in [0.25, 0.3) is 0 Å². The molecule has 0 aliphatic heterocycles. The predicted octanol–water partition coefficient (Wildman–Crippen LogP) is 1.78. The summed E-state index contributed by atoms with van der Waals surface area (Å²) in [5.41, 5.74) is 0. The van der Waals surface area contributed by atoms with E-state index in [2.05, 4.69) is 0 Å². The van der Waals surface area contributed by atoms with Crippen molar-refractivity contribution in [3.05, 3.63) is 12.3 Å². The van der Waals surface area contributed by atoms with Crippen LogP contribution in [0.1, 0.15) is 6.92 Å². The molecule has 0 N–H and O–H groups in total. The van der Waals surface area contributed by atoms with Gasteiger partial charge in [-0.15, -0.1) is 11.6 Å². The van der Waals surface area contributed by atoms with Crippen LogP contribution in [0, 0.1) is 0 Å². The zero-order valence-electron chi connectivity index (χ0n) is 4.36. The lowest BCUT2D eigenvalue weighted by molar-refractivity contribution is 0.271. The van der Waals surface area contributed by atoms with E-state index in [9.17, 15) is 0 Å². The fourth-order valence-corrected chi connectivity index (χ4v) is 0.298. The number of rotatable bonds is 3. The molecule has 0 spiro atoms. The summed E-state index contributed by atoms with van der Waals surface area (Å²) in [4.78, 5) is 0. The van der Waals surface area contributed by atoms with Crippen LogP contribution >= 0.6 is 11.6 Å². The number of allylic oxidation sites excluding steroid dienone is 1. The SMILES string of the molecule is CC=COCCCl. The Morgan fingerprint density at radius 3 is 2.86 bits per heavy atom. The van der Waals surface area contributed by atoms with Crippen molar-refractivity contribution in [1.82, 2.24) is 0 Å². The molecule has 0 aromatic heterocycles. The van der Waals surface area contributed by atoms with Gasteiger partial charge in [0.1, 0.15) is 6.61 Å². The van der Waals surface area contributed by atoms with Crippen LogP contribution in [0.5, 0.6) is 0 Å². The van der Waals surface area contributed by atoms with Crippen LogP contribution < -0.4 is 0 Å². The molecule has 0 saturated carbocycles. The van der Waals surface area contributed by atoms with E-state index in [0.717, 1.165) is 0 Å². The Hall–Kier alpha value is -0.170. The molecule has 0 radical (unpaired) electrons. The Balaban J connectivity index is 2.69. The third kappa shape index (κ3) is 5.83. The molecule has 0 bridgehead atoms. The summed E-state index contributed by atoms with van der Waals surface area (Å²) in [6.07, 6.45) is 3.45. The largest absolute Gasteiger partial charge is 0.500 e. The lowest BCUT2D eigenvalue weighted by Crippen LogP contribution is -1.85. The third-order valence-electron chi connectivity index (χ3n) is 0.427. The molecule has 1 nitrogen and oxygen atoms in total. The first-order chi connectivity index (χ1) is 3.41. The van der Waals surface area contributed by atoms with Gasteiger partial charge in [0, 0.05) is 0 Å². The van der Waals surface area contributed by atoms with E-state index >= 15 is 0 Å². The van der Waals surface area contributed by atoms with E-state index in [1.807, 2.05) is 13.0 Å². The minimum Gasteiger partial charge on any atom is -0.500 e. The van der Waals surface area contributed by atoms with Crippen molar-refractivity contribution in [2.24, 2.45) is 0 Å². The lowest BCUT2D eigenvalue weighted by Gasteiger charge is -1.90. The maximum Gasteiger partial charge on any atom is 0.101 e. The fraction of sp³-hybridized carbons (Fsp3) is 0.600. The average Bonchev–Trinajstić information content (AvgIpc) is 1.69. The summed E-state index contributed by atoms with van der Waals surface area (Å²) in [5.74, 6) is 0.560. The highest BCUT2D eigenvalue weighted by Crippen LogP contribution is 1.78. The highest BCUT2D eigenvalue weighted by Gasteiger charge is 1.72. The van der Waals surface area contributed by atoms with E-state index in [0.29, 0.717) is 12.5 Å². The standard InChI is InChI=1S/C5H9ClO/c1-2-4-7-5-3-6/h2,4H,3,5H2,1H3. The summed E-state index contributed by atoms with van der Waals surface area (Å²) in [6, 6.07) is 0. The number of ether oxygens (including phenoxy) is 1. The summed E-state index contributed by atoms with van der Waals surface area (Å²) in [6.45, 7) is 2.50. The van der Waals surface area contributed by atoms with E-state index in [-0.39, 0.29) is 0 Å². The van der Waals surface area contributed by atoms with Gasteiger partial charge in [0.15, 0.2) is 0 Å². The second-order valence-electron chi connectivity index (χ2n) is 1.03. The second-order valence-corrected chi connectivity index (χ2v) is 1.41. The maximum absolute atomic E-state index is 5.28. The topological polar surface area (TPSA) is 9.23 Å². The van der Waals surface area contributed by atoms with Crippen LogP contribution in [0.2, 0.25) is 0 Å². The molecule has 0 aliphatic carbocycles. The molecule has 0 heterocycles. The molecule has 0 aromatic carbocycles. The Labute approximate surface area is 48.9 Å². The molecule has 0 unspecified atom stereocenters. The monoisotopic (exact) mass is 120 g/mol. The van der Waals surface area contributed by atoms with Crippen molar-refractivity contribution >= 4 is 11.6 Å². The minimum absolute atomic E-state index is 0.560. The van der Waals surface area contributed by atoms with Crippen molar-refractivity contribution in [3.63, 3.8) is 0 Å². The van der Waals surface area contributed by atoms with Gasteiger partial charge in [-0.1, -0.05) is 6.08 Å². The average molecular weight is 121 g/mol. The van der Waals surface area contributed by atoms with Gasteiger partial charge in [-0.05, 0) is 6.92 Å². The molecule has 0 fully saturated rings. The smallest absolute Gasteiger partial charge is 0.101 e. The Kier molecular flexibility index (Phi) is 5.69. The van der Waals surface area contributed by atoms with Crippen molar-refractivity contribution < 1.29 is 4.74 Å². The molecule has 2 heteroatoms. The fourth-order valence-electron chi connectivity index (χ4n) is 0.209. The van der Waals surface area contributed by atoms with Crippen LogP contribution in [-0.2, 0) is 4.74 Å². The summed E-state index contributed by atoms with van der Waals surface area (Å²) < 4.78 is 4.82. The molecule has 0 saturated heterocycles. The third-order valence-corrected chi connectivity index (χ3v) is 0.582. The Bertz CT molecular complexity index is 52.0. The van der Waals surface area contributed by atoms with Gasteiger partial charge in [0.05, 0.1) is 12.1 Å². The van der Waals surface area contributed by atoms with E-state index in [4.69, 9.17) is 16.3 Å². The van der Waals surface area contributed by atoms with Crippen molar-refractivity contribution in [2.45, 2.75) is 6.92 Å². The lowest BCUT2D eigenvalue weighted by atomic mass is 10.7. The van der Waals surface area contributed by atoms with Gasteiger partial charge < -0.3 is 4.74 Å².